The standard InChI is InChI=1S/C15H23FN2O/c1-10-4-5-13(16)12(8-10)15(9-17)18(3)14-6-7-19-11(14)2/h4-5,8,11,14-15H,6-7,9,17H2,1-3H3. The fourth-order valence-corrected chi connectivity index (χ4v) is 2.92. The van der Waals surface area contributed by atoms with Crippen LogP contribution in [0.4, 0.5) is 4.39 Å². The normalized spacial score (nSPS) is 24.9. The Bertz CT molecular complexity index is 438. The van der Waals surface area contributed by atoms with E-state index in [1.54, 1.807) is 6.07 Å². The predicted molar refractivity (Wildman–Crippen MR) is 74.5 cm³/mol. The minimum atomic E-state index is -0.181. The van der Waals surface area contributed by atoms with Crippen LogP contribution in [0.3, 0.4) is 0 Å². The lowest BCUT2D eigenvalue weighted by Crippen LogP contribution is -2.42. The summed E-state index contributed by atoms with van der Waals surface area (Å²) in [5.41, 5.74) is 7.63. The van der Waals surface area contributed by atoms with Gasteiger partial charge >= 0.3 is 0 Å². The van der Waals surface area contributed by atoms with E-state index in [2.05, 4.69) is 11.8 Å². The van der Waals surface area contributed by atoms with E-state index in [0.717, 1.165) is 18.6 Å². The summed E-state index contributed by atoms with van der Waals surface area (Å²) in [5.74, 6) is -0.181. The van der Waals surface area contributed by atoms with Crippen molar-refractivity contribution >= 4 is 0 Å². The summed E-state index contributed by atoms with van der Waals surface area (Å²) in [7, 11) is 2.01. The lowest BCUT2D eigenvalue weighted by Gasteiger charge is -2.34. The van der Waals surface area contributed by atoms with Crippen molar-refractivity contribution < 1.29 is 9.13 Å². The van der Waals surface area contributed by atoms with E-state index in [1.807, 2.05) is 20.0 Å². The van der Waals surface area contributed by atoms with Crippen molar-refractivity contribution in [3.05, 3.63) is 35.1 Å². The molecule has 1 aliphatic rings. The summed E-state index contributed by atoms with van der Waals surface area (Å²) >= 11 is 0. The molecule has 3 nitrogen and oxygen atoms in total. The van der Waals surface area contributed by atoms with Gasteiger partial charge in [-0.15, -0.1) is 0 Å². The molecule has 1 aromatic rings. The zero-order valence-electron chi connectivity index (χ0n) is 11.9. The van der Waals surface area contributed by atoms with E-state index >= 15 is 0 Å². The molecule has 0 saturated carbocycles. The van der Waals surface area contributed by atoms with Gasteiger partial charge in [0.2, 0.25) is 0 Å². The van der Waals surface area contributed by atoms with Gasteiger partial charge in [-0.3, -0.25) is 4.90 Å². The highest BCUT2D eigenvalue weighted by molar-refractivity contribution is 5.27. The molecule has 2 N–H and O–H groups in total. The molecule has 3 unspecified atom stereocenters. The number of halogens is 1. The summed E-state index contributed by atoms with van der Waals surface area (Å²) in [5, 5.41) is 0. The van der Waals surface area contributed by atoms with Crippen LogP contribution in [0.15, 0.2) is 18.2 Å². The first-order chi connectivity index (χ1) is 9.04. The molecule has 4 heteroatoms. The average Bonchev–Trinajstić information content (AvgIpc) is 2.80. The Morgan fingerprint density at radius 1 is 1.53 bits per heavy atom. The summed E-state index contributed by atoms with van der Waals surface area (Å²) in [6.07, 6.45) is 1.15. The molecule has 0 aromatic heterocycles. The minimum Gasteiger partial charge on any atom is -0.377 e. The van der Waals surface area contributed by atoms with E-state index in [1.165, 1.54) is 6.07 Å². The second-order valence-electron chi connectivity index (χ2n) is 5.37. The number of hydrogen-bond donors (Lipinski definition) is 1. The van der Waals surface area contributed by atoms with Crippen LogP contribution in [0.1, 0.15) is 30.5 Å². The highest BCUT2D eigenvalue weighted by Crippen LogP contribution is 2.29. The highest BCUT2D eigenvalue weighted by Gasteiger charge is 2.32. The van der Waals surface area contributed by atoms with Crippen molar-refractivity contribution in [1.29, 1.82) is 0 Å². The van der Waals surface area contributed by atoms with Gasteiger partial charge in [0.05, 0.1) is 12.1 Å². The second-order valence-corrected chi connectivity index (χ2v) is 5.37. The lowest BCUT2D eigenvalue weighted by atomic mass is 9.99. The van der Waals surface area contributed by atoms with E-state index in [4.69, 9.17) is 10.5 Å². The van der Waals surface area contributed by atoms with Gasteiger partial charge in [-0.05, 0) is 33.4 Å². The van der Waals surface area contributed by atoms with E-state index in [9.17, 15) is 4.39 Å². The van der Waals surface area contributed by atoms with Crippen LogP contribution in [0, 0.1) is 12.7 Å². The third-order valence-electron chi connectivity index (χ3n) is 4.08. The molecular weight excluding hydrogens is 243 g/mol. The monoisotopic (exact) mass is 266 g/mol. The predicted octanol–water partition coefficient (Wildman–Crippen LogP) is 2.24. The van der Waals surface area contributed by atoms with Gasteiger partial charge in [-0.25, -0.2) is 4.39 Å². The fourth-order valence-electron chi connectivity index (χ4n) is 2.92. The van der Waals surface area contributed by atoms with Crippen molar-refractivity contribution in [3.8, 4) is 0 Å². The molecule has 1 fully saturated rings. The molecule has 0 radical (unpaired) electrons. The molecule has 2 rings (SSSR count). The van der Waals surface area contributed by atoms with Crippen LogP contribution in [0.5, 0.6) is 0 Å². The third kappa shape index (κ3) is 2.96. The van der Waals surface area contributed by atoms with Crippen molar-refractivity contribution in [2.45, 2.75) is 38.5 Å². The van der Waals surface area contributed by atoms with E-state index < -0.39 is 0 Å². The van der Waals surface area contributed by atoms with Crippen LogP contribution >= 0.6 is 0 Å². The zero-order chi connectivity index (χ0) is 14.0. The topological polar surface area (TPSA) is 38.5 Å². The number of aryl methyl sites for hydroxylation is 1. The van der Waals surface area contributed by atoms with Crippen LogP contribution in [-0.2, 0) is 4.74 Å². The largest absolute Gasteiger partial charge is 0.377 e. The zero-order valence-corrected chi connectivity index (χ0v) is 11.9. The van der Waals surface area contributed by atoms with Crippen LogP contribution in [0.25, 0.3) is 0 Å². The first-order valence-corrected chi connectivity index (χ1v) is 6.84. The number of rotatable bonds is 4. The van der Waals surface area contributed by atoms with Gasteiger partial charge < -0.3 is 10.5 Å². The Morgan fingerprint density at radius 2 is 2.26 bits per heavy atom. The average molecular weight is 266 g/mol. The maximum absolute atomic E-state index is 14.0. The molecule has 0 spiro atoms. The second kappa shape index (κ2) is 5.99. The quantitative estimate of drug-likeness (QED) is 0.908. The number of likely N-dealkylation sites (N-methyl/N-ethyl adjacent to an activating group) is 1. The molecule has 1 saturated heterocycles. The maximum atomic E-state index is 14.0. The Kier molecular flexibility index (Phi) is 4.55. The molecule has 1 aliphatic heterocycles. The van der Waals surface area contributed by atoms with Crippen molar-refractivity contribution in [2.24, 2.45) is 5.73 Å². The van der Waals surface area contributed by atoms with Gasteiger partial charge in [0.15, 0.2) is 0 Å². The van der Waals surface area contributed by atoms with Crippen LogP contribution in [0.2, 0.25) is 0 Å². The summed E-state index contributed by atoms with van der Waals surface area (Å²) in [6, 6.07) is 5.40. The number of nitrogens with zero attached hydrogens (tertiary/aromatic N) is 1. The Morgan fingerprint density at radius 3 is 2.84 bits per heavy atom. The summed E-state index contributed by atoms with van der Waals surface area (Å²) in [6.45, 7) is 5.20. The molecule has 19 heavy (non-hydrogen) atoms. The Labute approximate surface area is 114 Å². The van der Waals surface area contributed by atoms with E-state index in [-0.39, 0.29) is 18.0 Å². The molecule has 1 heterocycles. The lowest BCUT2D eigenvalue weighted by molar-refractivity contribution is 0.0679. The van der Waals surface area contributed by atoms with Crippen molar-refractivity contribution in [3.63, 3.8) is 0 Å². The molecule has 1 aromatic carbocycles. The van der Waals surface area contributed by atoms with Crippen molar-refractivity contribution in [1.82, 2.24) is 4.90 Å². The summed E-state index contributed by atoms with van der Waals surface area (Å²) in [4.78, 5) is 2.16. The third-order valence-corrected chi connectivity index (χ3v) is 4.08. The molecule has 106 valence electrons. The molecule has 0 aliphatic carbocycles. The van der Waals surface area contributed by atoms with Gasteiger partial charge in [0, 0.05) is 24.8 Å². The molecule has 3 atom stereocenters. The maximum Gasteiger partial charge on any atom is 0.128 e. The first kappa shape index (κ1) is 14.4. The number of nitrogens with two attached hydrogens (primary N) is 1. The number of hydrogen-bond acceptors (Lipinski definition) is 3. The SMILES string of the molecule is Cc1ccc(F)c(C(CN)N(C)C2CCOC2C)c1. The van der Waals surface area contributed by atoms with Crippen LogP contribution in [-0.4, -0.2) is 37.2 Å². The fraction of sp³-hybridized carbons (Fsp3) is 0.600. The summed E-state index contributed by atoms with van der Waals surface area (Å²) < 4.78 is 19.6. The molecular formula is C15H23FN2O. The first-order valence-electron chi connectivity index (χ1n) is 6.84. The number of benzene rings is 1. The molecule has 0 bridgehead atoms. The Hall–Kier alpha value is -0.970. The van der Waals surface area contributed by atoms with Gasteiger partial charge in [-0.2, -0.15) is 0 Å². The van der Waals surface area contributed by atoms with Gasteiger partial charge in [0.1, 0.15) is 5.82 Å². The smallest absolute Gasteiger partial charge is 0.128 e. The van der Waals surface area contributed by atoms with Gasteiger partial charge in [0.25, 0.3) is 0 Å². The number of ether oxygens (including phenoxy) is 1. The minimum absolute atomic E-state index is 0.103. The highest BCUT2D eigenvalue weighted by atomic mass is 19.1. The molecule has 0 amide bonds. The van der Waals surface area contributed by atoms with Crippen LogP contribution < -0.4 is 5.73 Å². The Balaban J connectivity index is 2.26. The van der Waals surface area contributed by atoms with E-state index in [0.29, 0.717) is 18.2 Å². The van der Waals surface area contributed by atoms with Crippen molar-refractivity contribution in [2.75, 3.05) is 20.2 Å². The van der Waals surface area contributed by atoms with Gasteiger partial charge in [-0.1, -0.05) is 17.7 Å².